The zero-order valence-electron chi connectivity index (χ0n) is 18.4. The van der Waals surface area contributed by atoms with Crippen LogP contribution in [0, 0.1) is 6.57 Å². The Morgan fingerprint density at radius 3 is 2.49 bits per heavy atom. The van der Waals surface area contributed by atoms with E-state index < -0.39 is 0 Å². The molecule has 166 valence electrons. The standard InChI is InChI=1S/C28H18N6O/c1-29-20-5-7-24-23(16-20)25(11-14-31-24)33-21-4-2-3-18(15-21)28-34-26-8-6-22(17-27(26)35-28)32-19-9-12-30-13-10-19/h2-17H,(H,30,32)(H,31,33). The number of nitrogens with one attached hydrogen (secondary N) is 2. The third kappa shape index (κ3) is 4.12. The summed E-state index contributed by atoms with van der Waals surface area (Å²) in [5.41, 5.74) is 7.35. The summed E-state index contributed by atoms with van der Waals surface area (Å²) in [4.78, 5) is 16.7. The molecule has 0 bridgehead atoms. The minimum Gasteiger partial charge on any atom is -0.436 e. The van der Waals surface area contributed by atoms with E-state index in [-0.39, 0.29) is 0 Å². The average molecular weight is 454 g/mol. The fraction of sp³-hybridized carbons (Fsp3) is 0. The van der Waals surface area contributed by atoms with Gasteiger partial charge in [0.25, 0.3) is 0 Å². The first-order chi connectivity index (χ1) is 17.2. The maximum Gasteiger partial charge on any atom is 0.227 e. The number of aromatic nitrogens is 3. The van der Waals surface area contributed by atoms with Gasteiger partial charge in [-0.25, -0.2) is 9.83 Å². The highest BCUT2D eigenvalue weighted by Gasteiger charge is 2.11. The predicted octanol–water partition coefficient (Wildman–Crippen LogP) is 7.48. The van der Waals surface area contributed by atoms with Crippen LogP contribution in [0.4, 0.5) is 28.4 Å². The molecule has 0 aliphatic carbocycles. The first-order valence-electron chi connectivity index (χ1n) is 11.0. The number of fused-ring (bicyclic) bond motifs is 2. The summed E-state index contributed by atoms with van der Waals surface area (Å²) >= 11 is 0. The average Bonchev–Trinajstić information content (AvgIpc) is 3.33. The van der Waals surface area contributed by atoms with Crippen LogP contribution in [-0.2, 0) is 0 Å². The minimum atomic E-state index is 0.541. The highest BCUT2D eigenvalue weighted by atomic mass is 16.3. The van der Waals surface area contributed by atoms with Crippen molar-refractivity contribution in [2.24, 2.45) is 0 Å². The Labute approximate surface area is 200 Å². The molecule has 2 N–H and O–H groups in total. The van der Waals surface area contributed by atoms with E-state index in [0.717, 1.165) is 44.7 Å². The van der Waals surface area contributed by atoms with Crippen molar-refractivity contribution in [2.75, 3.05) is 10.6 Å². The SMILES string of the molecule is [C-]#[N+]c1ccc2nccc(Nc3cccc(-c4nc5ccc(Nc6ccncc6)cc5o4)c3)c2c1. The van der Waals surface area contributed by atoms with Gasteiger partial charge in [-0.05, 0) is 60.7 Å². The summed E-state index contributed by atoms with van der Waals surface area (Å²) in [6, 6.07) is 24.9. The van der Waals surface area contributed by atoms with Crippen molar-refractivity contribution >= 4 is 50.4 Å². The topological polar surface area (TPSA) is 80.2 Å². The Morgan fingerprint density at radius 1 is 0.743 bits per heavy atom. The number of pyridine rings is 2. The zero-order chi connectivity index (χ0) is 23.6. The second kappa shape index (κ2) is 8.61. The monoisotopic (exact) mass is 454 g/mol. The molecule has 3 aromatic carbocycles. The van der Waals surface area contributed by atoms with Crippen molar-refractivity contribution in [3.05, 3.63) is 109 Å². The lowest BCUT2D eigenvalue weighted by atomic mass is 10.1. The Bertz CT molecular complexity index is 1720. The predicted molar refractivity (Wildman–Crippen MR) is 138 cm³/mol. The summed E-state index contributed by atoms with van der Waals surface area (Å²) in [7, 11) is 0. The highest BCUT2D eigenvalue weighted by molar-refractivity contribution is 5.95. The van der Waals surface area contributed by atoms with E-state index in [2.05, 4.69) is 30.4 Å². The van der Waals surface area contributed by atoms with Crippen LogP contribution in [0.3, 0.4) is 0 Å². The molecule has 3 aromatic heterocycles. The zero-order valence-corrected chi connectivity index (χ0v) is 18.4. The van der Waals surface area contributed by atoms with E-state index in [9.17, 15) is 0 Å². The molecule has 7 nitrogen and oxygen atoms in total. The second-order valence-electron chi connectivity index (χ2n) is 7.94. The first kappa shape index (κ1) is 20.4. The van der Waals surface area contributed by atoms with E-state index in [1.54, 1.807) is 24.7 Å². The Morgan fingerprint density at radius 2 is 1.60 bits per heavy atom. The van der Waals surface area contributed by atoms with Gasteiger partial charge in [0, 0.05) is 58.4 Å². The van der Waals surface area contributed by atoms with Crippen molar-refractivity contribution in [2.45, 2.75) is 0 Å². The molecule has 7 heteroatoms. The van der Waals surface area contributed by atoms with Crippen LogP contribution in [0.15, 0.2) is 102 Å². The molecule has 0 unspecified atom stereocenters. The van der Waals surface area contributed by atoms with Gasteiger partial charge in [-0.3, -0.25) is 9.97 Å². The normalized spacial score (nSPS) is 10.8. The van der Waals surface area contributed by atoms with Gasteiger partial charge in [-0.1, -0.05) is 12.1 Å². The molecule has 0 aliphatic heterocycles. The summed E-state index contributed by atoms with van der Waals surface area (Å²) in [6.45, 7) is 7.31. The fourth-order valence-electron chi connectivity index (χ4n) is 3.93. The van der Waals surface area contributed by atoms with Gasteiger partial charge in [0.1, 0.15) is 5.52 Å². The molecular formula is C28H18N6O. The van der Waals surface area contributed by atoms with Crippen LogP contribution < -0.4 is 10.6 Å². The van der Waals surface area contributed by atoms with Crippen LogP contribution in [-0.4, -0.2) is 15.0 Å². The quantitative estimate of drug-likeness (QED) is 0.263. The summed E-state index contributed by atoms with van der Waals surface area (Å²) in [5.74, 6) is 0.541. The van der Waals surface area contributed by atoms with Gasteiger partial charge in [-0.15, -0.1) is 0 Å². The van der Waals surface area contributed by atoms with E-state index in [0.29, 0.717) is 17.2 Å². The minimum absolute atomic E-state index is 0.541. The van der Waals surface area contributed by atoms with Crippen molar-refractivity contribution in [3.8, 4) is 11.5 Å². The van der Waals surface area contributed by atoms with Gasteiger partial charge >= 0.3 is 0 Å². The van der Waals surface area contributed by atoms with Gasteiger partial charge in [0.05, 0.1) is 12.1 Å². The third-order valence-electron chi connectivity index (χ3n) is 5.60. The van der Waals surface area contributed by atoms with Crippen molar-refractivity contribution in [3.63, 3.8) is 0 Å². The highest BCUT2D eigenvalue weighted by Crippen LogP contribution is 2.32. The molecule has 0 amide bonds. The smallest absolute Gasteiger partial charge is 0.227 e. The van der Waals surface area contributed by atoms with Gasteiger partial charge in [-0.2, -0.15) is 0 Å². The summed E-state index contributed by atoms with van der Waals surface area (Å²) < 4.78 is 6.10. The van der Waals surface area contributed by atoms with Gasteiger partial charge in [0.15, 0.2) is 11.3 Å². The lowest BCUT2D eigenvalue weighted by Crippen LogP contribution is -1.93. The maximum absolute atomic E-state index is 7.31. The molecule has 0 saturated heterocycles. The molecule has 0 atom stereocenters. The van der Waals surface area contributed by atoms with Crippen LogP contribution in [0.1, 0.15) is 0 Å². The molecule has 0 aliphatic rings. The molecule has 0 radical (unpaired) electrons. The van der Waals surface area contributed by atoms with E-state index in [1.807, 2.05) is 72.8 Å². The van der Waals surface area contributed by atoms with E-state index >= 15 is 0 Å². The molecule has 6 rings (SSSR count). The van der Waals surface area contributed by atoms with Gasteiger partial charge in [0.2, 0.25) is 5.89 Å². The molecular weight excluding hydrogens is 436 g/mol. The van der Waals surface area contributed by atoms with Crippen molar-refractivity contribution < 1.29 is 4.42 Å². The lowest BCUT2D eigenvalue weighted by Gasteiger charge is -2.10. The molecule has 0 fully saturated rings. The maximum atomic E-state index is 7.31. The van der Waals surface area contributed by atoms with E-state index in [1.165, 1.54) is 0 Å². The third-order valence-corrected chi connectivity index (χ3v) is 5.60. The summed E-state index contributed by atoms with van der Waals surface area (Å²) in [6.07, 6.45) is 5.24. The number of nitrogens with zero attached hydrogens (tertiary/aromatic N) is 4. The largest absolute Gasteiger partial charge is 0.436 e. The number of rotatable bonds is 5. The number of benzene rings is 3. The molecule has 0 spiro atoms. The van der Waals surface area contributed by atoms with Gasteiger partial charge < -0.3 is 15.1 Å². The van der Waals surface area contributed by atoms with Crippen molar-refractivity contribution in [1.29, 1.82) is 0 Å². The fourth-order valence-corrected chi connectivity index (χ4v) is 3.93. The molecule has 6 aromatic rings. The molecule has 35 heavy (non-hydrogen) atoms. The van der Waals surface area contributed by atoms with E-state index in [4.69, 9.17) is 11.0 Å². The number of oxazole rings is 1. The summed E-state index contributed by atoms with van der Waals surface area (Å²) in [5, 5.41) is 7.69. The number of hydrogen-bond acceptors (Lipinski definition) is 6. The lowest BCUT2D eigenvalue weighted by molar-refractivity contribution is 0.620. The molecule has 3 heterocycles. The molecule has 0 saturated carbocycles. The Kier molecular flexibility index (Phi) is 5.02. The number of anilines is 4. The Hall–Kier alpha value is -5.22. The van der Waals surface area contributed by atoms with Crippen LogP contribution in [0.5, 0.6) is 0 Å². The van der Waals surface area contributed by atoms with Crippen LogP contribution >= 0.6 is 0 Å². The van der Waals surface area contributed by atoms with Crippen LogP contribution in [0.25, 0.3) is 38.3 Å². The Balaban J connectivity index is 1.30. The van der Waals surface area contributed by atoms with Crippen molar-refractivity contribution in [1.82, 2.24) is 15.0 Å². The number of hydrogen-bond donors (Lipinski definition) is 2. The second-order valence-corrected chi connectivity index (χ2v) is 7.94. The first-order valence-corrected chi connectivity index (χ1v) is 11.0. The van der Waals surface area contributed by atoms with Crippen LogP contribution in [0.2, 0.25) is 0 Å².